The Morgan fingerprint density at radius 2 is 2.05 bits per heavy atom. The van der Waals surface area contributed by atoms with Gasteiger partial charge in [0.1, 0.15) is 5.60 Å². The first-order valence-electron chi connectivity index (χ1n) is 7.09. The molecule has 0 aromatic heterocycles. The molecule has 116 valence electrons. The fourth-order valence-corrected chi connectivity index (χ4v) is 3.50. The molecule has 1 fully saturated rings. The lowest BCUT2D eigenvalue weighted by atomic mass is 10.0. The first-order valence-corrected chi connectivity index (χ1v) is 8.75. The molecule has 0 radical (unpaired) electrons. The largest absolute Gasteiger partial charge is 0.393 e. The Bertz CT molecular complexity index is 606. The first-order chi connectivity index (χ1) is 9.87. The number of benzene rings is 1. The van der Waals surface area contributed by atoms with Crippen LogP contribution in [-0.4, -0.2) is 37.6 Å². The Morgan fingerprint density at radius 3 is 2.62 bits per heavy atom. The van der Waals surface area contributed by atoms with Crippen LogP contribution in [0.1, 0.15) is 26.7 Å². The van der Waals surface area contributed by atoms with Gasteiger partial charge in [0.2, 0.25) is 0 Å². The minimum Gasteiger partial charge on any atom is -0.393 e. The maximum Gasteiger partial charge on any atom is 0.181 e. The van der Waals surface area contributed by atoms with Crippen LogP contribution >= 0.6 is 0 Å². The van der Waals surface area contributed by atoms with Gasteiger partial charge in [-0.05, 0) is 38.8 Å². The quantitative estimate of drug-likeness (QED) is 0.620. The summed E-state index contributed by atoms with van der Waals surface area (Å²) < 4.78 is 29.7. The molecule has 1 aromatic carbocycles. The second kappa shape index (κ2) is 6.30. The van der Waals surface area contributed by atoms with E-state index in [-0.39, 0.29) is 18.5 Å². The summed E-state index contributed by atoms with van der Waals surface area (Å²) in [4.78, 5) is 0.354. The highest BCUT2D eigenvalue weighted by Crippen LogP contribution is 2.39. The highest BCUT2D eigenvalue weighted by Gasteiger charge is 2.50. The van der Waals surface area contributed by atoms with Crippen LogP contribution in [-0.2, 0) is 14.6 Å². The Labute approximate surface area is 126 Å². The van der Waals surface area contributed by atoms with Crippen molar-refractivity contribution >= 4 is 9.84 Å². The van der Waals surface area contributed by atoms with Gasteiger partial charge in [-0.2, -0.15) is 0 Å². The fourth-order valence-electron chi connectivity index (χ4n) is 2.23. The number of aliphatic hydroxyl groups is 1. The van der Waals surface area contributed by atoms with Crippen LogP contribution in [0.25, 0.3) is 0 Å². The number of aliphatic hydroxyl groups excluding tert-OH is 1. The lowest BCUT2D eigenvalue weighted by Gasteiger charge is -2.04. The van der Waals surface area contributed by atoms with Crippen molar-refractivity contribution < 1.29 is 18.3 Å². The summed E-state index contributed by atoms with van der Waals surface area (Å²) in [5, 5.41) is 9.12. The zero-order valence-corrected chi connectivity index (χ0v) is 13.3. The predicted octanol–water partition coefficient (Wildman–Crippen LogP) is 2.34. The van der Waals surface area contributed by atoms with Crippen LogP contribution < -0.4 is 0 Å². The van der Waals surface area contributed by atoms with Gasteiger partial charge in [0.05, 0.1) is 23.4 Å². The molecule has 0 bridgehead atoms. The van der Waals surface area contributed by atoms with Crippen LogP contribution in [0.15, 0.2) is 46.9 Å². The van der Waals surface area contributed by atoms with Crippen molar-refractivity contribution in [3.63, 3.8) is 0 Å². The monoisotopic (exact) mass is 310 g/mol. The molecular weight excluding hydrogens is 288 g/mol. The van der Waals surface area contributed by atoms with Crippen LogP contribution in [0.2, 0.25) is 0 Å². The summed E-state index contributed by atoms with van der Waals surface area (Å²) in [6, 6.07) is 8.48. The second-order valence-corrected chi connectivity index (χ2v) is 7.80. The number of ether oxygens (including phenoxy) is 1. The average Bonchev–Trinajstić information content (AvgIpc) is 3.15. The van der Waals surface area contributed by atoms with Crippen molar-refractivity contribution in [3.8, 4) is 0 Å². The Morgan fingerprint density at radius 1 is 1.38 bits per heavy atom. The molecule has 4 nitrogen and oxygen atoms in total. The number of allylic oxidation sites excluding steroid dienone is 1. The summed E-state index contributed by atoms with van der Waals surface area (Å²) >= 11 is 0. The molecule has 1 heterocycles. The molecular formula is C16H22O4S. The van der Waals surface area contributed by atoms with E-state index in [4.69, 9.17) is 9.84 Å². The Kier molecular flexibility index (Phi) is 4.86. The number of hydrogen-bond acceptors (Lipinski definition) is 4. The van der Waals surface area contributed by atoms with Crippen molar-refractivity contribution in [2.75, 3.05) is 12.4 Å². The van der Waals surface area contributed by atoms with Gasteiger partial charge >= 0.3 is 0 Å². The van der Waals surface area contributed by atoms with E-state index in [1.165, 1.54) is 0 Å². The topological polar surface area (TPSA) is 66.9 Å². The predicted molar refractivity (Wildman–Crippen MR) is 81.8 cm³/mol. The summed E-state index contributed by atoms with van der Waals surface area (Å²) in [5.41, 5.74) is 0.640. The fraction of sp³-hybridized carbons (Fsp3) is 0.500. The first kappa shape index (κ1) is 16.2. The molecule has 1 aliphatic rings. The maximum absolute atomic E-state index is 12.1. The molecule has 21 heavy (non-hydrogen) atoms. The Hall–Kier alpha value is -1.17. The van der Waals surface area contributed by atoms with Gasteiger partial charge in [-0.3, -0.25) is 0 Å². The van der Waals surface area contributed by atoms with Crippen LogP contribution in [0.4, 0.5) is 0 Å². The van der Waals surface area contributed by atoms with E-state index in [2.05, 4.69) is 0 Å². The van der Waals surface area contributed by atoms with E-state index in [0.29, 0.717) is 4.90 Å². The average molecular weight is 310 g/mol. The normalized spacial score (nSPS) is 25.9. The smallest absolute Gasteiger partial charge is 0.181 e. The molecule has 1 aromatic rings. The lowest BCUT2D eigenvalue weighted by molar-refractivity contribution is 0.184. The van der Waals surface area contributed by atoms with E-state index < -0.39 is 15.4 Å². The van der Waals surface area contributed by atoms with Crippen LogP contribution in [0.5, 0.6) is 0 Å². The van der Waals surface area contributed by atoms with Gasteiger partial charge in [0, 0.05) is 0 Å². The molecule has 0 spiro atoms. The van der Waals surface area contributed by atoms with Gasteiger partial charge < -0.3 is 9.84 Å². The third kappa shape index (κ3) is 4.15. The van der Waals surface area contributed by atoms with Crippen molar-refractivity contribution in [2.45, 2.75) is 43.3 Å². The maximum atomic E-state index is 12.1. The van der Waals surface area contributed by atoms with Crippen molar-refractivity contribution in [3.05, 3.63) is 42.0 Å². The standard InChI is InChI=1S/C16H22O4S/c1-13(8-9-15-16(2,12-17)20-15)10-11-21(18,19)14-6-4-3-5-7-14/h3-7,10,15,17H,8-9,11-12H2,1-2H3/b13-10+. The number of epoxide rings is 1. The molecule has 1 N–H and O–H groups in total. The minimum atomic E-state index is -3.25. The van der Waals surface area contributed by atoms with Gasteiger partial charge in [-0.15, -0.1) is 0 Å². The van der Waals surface area contributed by atoms with E-state index in [1.807, 2.05) is 13.8 Å². The molecule has 2 unspecified atom stereocenters. The van der Waals surface area contributed by atoms with E-state index in [9.17, 15) is 8.42 Å². The molecule has 0 saturated carbocycles. The highest BCUT2D eigenvalue weighted by molar-refractivity contribution is 7.91. The van der Waals surface area contributed by atoms with E-state index in [1.54, 1.807) is 36.4 Å². The third-order valence-electron chi connectivity index (χ3n) is 3.90. The van der Waals surface area contributed by atoms with Gasteiger partial charge in [-0.25, -0.2) is 8.42 Å². The van der Waals surface area contributed by atoms with Gasteiger partial charge in [-0.1, -0.05) is 29.8 Å². The molecule has 1 aliphatic heterocycles. The summed E-state index contributed by atoms with van der Waals surface area (Å²) in [6.45, 7) is 3.85. The van der Waals surface area contributed by atoms with Gasteiger partial charge in [0.25, 0.3) is 0 Å². The molecule has 2 atom stereocenters. The van der Waals surface area contributed by atoms with E-state index >= 15 is 0 Å². The van der Waals surface area contributed by atoms with Crippen LogP contribution in [0, 0.1) is 0 Å². The number of rotatable bonds is 7. The highest BCUT2D eigenvalue weighted by atomic mass is 32.2. The van der Waals surface area contributed by atoms with Gasteiger partial charge in [0.15, 0.2) is 9.84 Å². The number of sulfone groups is 1. The molecule has 0 amide bonds. The zero-order valence-electron chi connectivity index (χ0n) is 12.5. The molecule has 0 aliphatic carbocycles. The third-order valence-corrected chi connectivity index (χ3v) is 5.50. The van der Waals surface area contributed by atoms with E-state index in [0.717, 1.165) is 18.4 Å². The van der Waals surface area contributed by atoms with Crippen molar-refractivity contribution in [1.82, 2.24) is 0 Å². The SMILES string of the molecule is C/C(=C\CS(=O)(=O)c1ccccc1)CCC1OC1(C)CO. The summed E-state index contributed by atoms with van der Waals surface area (Å²) in [7, 11) is -3.25. The molecule has 1 saturated heterocycles. The lowest BCUT2D eigenvalue weighted by Crippen LogP contribution is -2.15. The zero-order chi connectivity index (χ0) is 15.5. The molecule has 2 rings (SSSR count). The van der Waals surface area contributed by atoms with Crippen LogP contribution in [0.3, 0.4) is 0 Å². The Balaban J connectivity index is 1.86. The van der Waals surface area contributed by atoms with Crippen molar-refractivity contribution in [1.29, 1.82) is 0 Å². The summed E-state index contributed by atoms with van der Waals surface area (Å²) in [6.07, 6.45) is 3.44. The minimum absolute atomic E-state index is 0.0195. The second-order valence-electron chi connectivity index (χ2n) is 5.76. The number of hydrogen-bond donors (Lipinski definition) is 1. The molecule has 5 heteroatoms. The van der Waals surface area contributed by atoms with Crippen molar-refractivity contribution in [2.24, 2.45) is 0 Å². The summed E-state index contributed by atoms with van der Waals surface area (Å²) in [5.74, 6) is 0.0195.